The summed E-state index contributed by atoms with van der Waals surface area (Å²) in [7, 11) is 0. The minimum absolute atomic E-state index is 0.0575. The van der Waals surface area contributed by atoms with Crippen LogP contribution in [-0.4, -0.2) is 59.6 Å². The highest BCUT2D eigenvalue weighted by atomic mass is 16.3. The van der Waals surface area contributed by atoms with Gasteiger partial charge >= 0.3 is 0 Å². The summed E-state index contributed by atoms with van der Waals surface area (Å²) in [6.45, 7) is 8.33. The summed E-state index contributed by atoms with van der Waals surface area (Å²) in [4.78, 5) is 16.2. The highest BCUT2D eigenvalue weighted by Crippen LogP contribution is 2.22. The first-order chi connectivity index (χ1) is 9.53. The Kier molecular flexibility index (Phi) is 6.97. The maximum absolute atomic E-state index is 12.4. The quantitative estimate of drug-likeness (QED) is 0.791. The summed E-state index contributed by atoms with van der Waals surface area (Å²) in [6.07, 6.45) is 2.19. The Bertz CT molecular complexity index is 354. The lowest BCUT2D eigenvalue weighted by Gasteiger charge is -2.39. The normalized spacial score (nSPS) is 24.9. The third-order valence-corrected chi connectivity index (χ3v) is 4.21. The molecule has 0 radical (unpaired) electrons. The van der Waals surface area contributed by atoms with E-state index in [1.807, 2.05) is 13.8 Å². The van der Waals surface area contributed by atoms with Gasteiger partial charge in [-0.25, -0.2) is 0 Å². The van der Waals surface area contributed by atoms with Crippen LogP contribution < -0.4 is 0 Å². The minimum atomic E-state index is -0.146. The maximum atomic E-state index is 12.4. The van der Waals surface area contributed by atoms with Crippen molar-refractivity contribution in [3.8, 4) is 6.07 Å². The first-order valence-corrected chi connectivity index (χ1v) is 7.55. The highest BCUT2D eigenvalue weighted by molar-refractivity contribution is 5.78. The fraction of sp³-hybridized carbons (Fsp3) is 0.867. The molecule has 1 aliphatic heterocycles. The molecule has 5 nitrogen and oxygen atoms in total. The van der Waals surface area contributed by atoms with Gasteiger partial charge in [-0.05, 0) is 39.2 Å². The van der Waals surface area contributed by atoms with Crippen molar-refractivity contribution in [2.75, 3.05) is 32.8 Å². The van der Waals surface area contributed by atoms with Crippen LogP contribution in [0.15, 0.2) is 0 Å². The standard InChI is InChI=1S/C15H27N3O2/c1-4-17(9-12(2)8-16)15(20)10-18-7-5-6-13(3)14(18)11-19/h12-14,19H,4-7,9-11H2,1-3H3. The molecule has 20 heavy (non-hydrogen) atoms. The second-order valence-electron chi connectivity index (χ2n) is 5.80. The van der Waals surface area contributed by atoms with E-state index in [1.165, 1.54) is 0 Å². The number of hydrogen-bond acceptors (Lipinski definition) is 4. The highest BCUT2D eigenvalue weighted by Gasteiger charge is 2.30. The van der Waals surface area contributed by atoms with E-state index in [-0.39, 0.29) is 24.5 Å². The van der Waals surface area contributed by atoms with E-state index in [2.05, 4.69) is 17.9 Å². The van der Waals surface area contributed by atoms with Gasteiger partial charge in [0.2, 0.25) is 5.91 Å². The van der Waals surface area contributed by atoms with E-state index in [0.717, 1.165) is 19.4 Å². The van der Waals surface area contributed by atoms with E-state index in [4.69, 9.17) is 5.26 Å². The average molecular weight is 281 g/mol. The molecule has 3 atom stereocenters. The number of nitriles is 1. The number of aliphatic hydroxyl groups is 1. The zero-order valence-corrected chi connectivity index (χ0v) is 12.9. The largest absolute Gasteiger partial charge is 0.395 e. The van der Waals surface area contributed by atoms with Gasteiger partial charge in [0.05, 0.1) is 25.1 Å². The molecule has 1 amide bonds. The molecule has 1 aliphatic rings. The molecule has 3 unspecified atom stereocenters. The molecule has 1 rings (SSSR count). The van der Waals surface area contributed by atoms with Crippen LogP contribution >= 0.6 is 0 Å². The number of carbonyl (C=O) groups is 1. The lowest BCUT2D eigenvalue weighted by molar-refractivity contribution is -0.134. The van der Waals surface area contributed by atoms with E-state index in [9.17, 15) is 9.90 Å². The fourth-order valence-electron chi connectivity index (χ4n) is 2.88. The Labute approximate surface area is 122 Å². The predicted molar refractivity (Wildman–Crippen MR) is 77.9 cm³/mol. The van der Waals surface area contributed by atoms with Crippen LogP contribution in [0, 0.1) is 23.2 Å². The Balaban J connectivity index is 2.60. The fourth-order valence-corrected chi connectivity index (χ4v) is 2.88. The second kappa shape index (κ2) is 8.23. The summed E-state index contributed by atoms with van der Waals surface area (Å²) in [5, 5.41) is 18.4. The van der Waals surface area contributed by atoms with Gasteiger partial charge in [-0.2, -0.15) is 5.26 Å². The van der Waals surface area contributed by atoms with Crippen molar-refractivity contribution in [1.29, 1.82) is 5.26 Å². The van der Waals surface area contributed by atoms with Crippen LogP contribution in [0.25, 0.3) is 0 Å². The van der Waals surface area contributed by atoms with Gasteiger partial charge in [0.25, 0.3) is 0 Å². The molecule has 1 N–H and O–H groups in total. The molecule has 1 fully saturated rings. The Morgan fingerprint density at radius 1 is 1.60 bits per heavy atom. The van der Waals surface area contributed by atoms with Gasteiger partial charge in [0.15, 0.2) is 0 Å². The summed E-state index contributed by atoms with van der Waals surface area (Å²) < 4.78 is 0. The monoisotopic (exact) mass is 281 g/mol. The van der Waals surface area contributed by atoms with E-state index < -0.39 is 0 Å². The van der Waals surface area contributed by atoms with Gasteiger partial charge < -0.3 is 10.0 Å². The number of rotatable bonds is 6. The van der Waals surface area contributed by atoms with Gasteiger partial charge in [0.1, 0.15) is 0 Å². The van der Waals surface area contributed by atoms with Crippen LogP contribution in [0.2, 0.25) is 0 Å². The van der Waals surface area contributed by atoms with Crippen LogP contribution in [0.5, 0.6) is 0 Å². The number of hydrogen-bond donors (Lipinski definition) is 1. The number of likely N-dealkylation sites (tertiary alicyclic amines) is 1. The maximum Gasteiger partial charge on any atom is 0.236 e. The summed E-state index contributed by atoms with van der Waals surface area (Å²) in [5.74, 6) is 0.338. The van der Waals surface area contributed by atoms with Gasteiger partial charge in [-0.1, -0.05) is 6.92 Å². The zero-order chi connectivity index (χ0) is 15.1. The Morgan fingerprint density at radius 2 is 2.30 bits per heavy atom. The Hall–Kier alpha value is -1.12. The second-order valence-corrected chi connectivity index (χ2v) is 5.80. The average Bonchev–Trinajstić information content (AvgIpc) is 2.44. The van der Waals surface area contributed by atoms with Crippen molar-refractivity contribution < 1.29 is 9.90 Å². The third-order valence-electron chi connectivity index (χ3n) is 4.21. The summed E-state index contributed by atoms with van der Waals surface area (Å²) in [5.41, 5.74) is 0. The van der Waals surface area contributed by atoms with Crippen molar-refractivity contribution in [3.05, 3.63) is 0 Å². The molecule has 0 aromatic rings. The van der Waals surface area contributed by atoms with E-state index >= 15 is 0 Å². The number of amides is 1. The number of nitrogens with zero attached hydrogens (tertiary/aromatic N) is 3. The molecule has 0 aliphatic carbocycles. The van der Waals surface area contributed by atoms with E-state index in [0.29, 0.717) is 25.6 Å². The molecule has 0 aromatic carbocycles. The molecular weight excluding hydrogens is 254 g/mol. The number of likely N-dealkylation sites (N-methyl/N-ethyl adjacent to an activating group) is 1. The minimum Gasteiger partial charge on any atom is -0.395 e. The van der Waals surface area contributed by atoms with Gasteiger partial charge in [-0.15, -0.1) is 0 Å². The Morgan fingerprint density at radius 3 is 2.85 bits per heavy atom. The molecule has 0 spiro atoms. The predicted octanol–water partition coefficient (Wildman–Crippen LogP) is 1.09. The SMILES string of the molecule is CCN(CC(C)C#N)C(=O)CN1CCCC(C)C1CO. The molecule has 114 valence electrons. The molecular formula is C15H27N3O2. The summed E-state index contributed by atoms with van der Waals surface area (Å²) >= 11 is 0. The van der Waals surface area contributed by atoms with E-state index in [1.54, 1.807) is 4.90 Å². The van der Waals surface area contributed by atoms with Crippen molar-refractivity contribution in [2.24, 2.45) is 11.8 Å². The molecule has 1 saturated heterocycles. The number of carbonyl (C=O) groups excluding carboxylic acids is 1. The number of aliphatic hydroxyl groups excluding tert-OH is 1. The topological polar surface area (TPSA) is 67.6 Å². The van der Waals surface area contributed by atoms with Crippen LogP contribution in [0.1, 0.15) is 33.6 Å². The smallest absolute Gasteiger partial charge is 0.236 e. The molecule has 5 heteroatoms. The van der Waals surface area contributed by atoms with Crippen molar-refractivity contribution >= 4 is 5.91 Å². The van der Waals surface area contributed by atoms with Crippen LogP contribution in [-0.2, 0) is 4.79 Å². The first kappa shape index (κ1) is 16.9. The van der Waals surface area contributed by atoms with Crippen molar-refractivity contribution in [1.82, 2.24) is 9.80 Å². The van der Waals surface area contributed by atoms with Gasteiger partial charge in [0, 0.05) is 19.1 Å². The summed E-state index contributed by atoms with van der Waals surface area (Å²) in [6, 6.07) is 2.25. The molecule has 0 aromatic heterocycles. The van der Waals surface area contributed by atoms with Crippen molar-refractivity contribution in [2.45, 2.75) is 39.7 Å². The van der Waals surface area contributed by atoms with Crippen LogP contribution in [0.4, 0.5) is 0 Å². The third kappa shape index (κ3) is 4.46. The van der Waals surface area contributed by atoms with Crippen molar-refractivity contribution in [3.63, 3.8) is 0 Å². The molecule has 0 bridgehead atoms. The lowest BCUT2D eigenvalue weighted by atomic mass is 9.91. The molecule has 1 heterocycles. The lowest BCUT2D eigenvalue weighted by Crippen LogP contribution is -2.51. The zero-order valence-electron chi connectivity index (χ0n) is 12.9. The number of piperidine rings is 1. The first-order valence-electron chi connectivity index (χ1n) is 7.55. The molecule has 0 saturated carbocycles. The van der Waals surface area contributed by atoms with Gasteiger partial charge in [-0.3, -0.25) is 9.69 Å². The van der Waals surface area contributed by atoms with Crippen LogP contribution in [0.3, 0.4) is 0 Å².